The van der Waals surface area contributed by atoms with Crippen molar-refractivity contribution >= 4 is 29.4 Å². The van der Waals surface area contributed by atoms with E-state index in [0.29, 0.717) is 18.0 Å². The van der Waals surface area contributed by atoms with Gasteiger partial charge in [0, 0.05) is 17.1 Å². The number of urea groups is 1. The van der Waals surface area contributed by atoms with Gasteiger partial charge in [-0.1, -0.05) is 30.3 Å². The predicted octanol–water partition coefficient (Wildman–Crippen LogP) is 2.59. The van der Waals surface area contributed by atoms with Crippen LogP contribution < -0.4 is 16.4 Å². The summed E-state index contributed by atoms with van der Waals surface area (Å²) in [5.74, 6) is 0.360. The molecule has 3 amide bonds. The number of carbonyl (C=O) groups is 2. The second kappa shape index (κ2) is 8.09. The number of hydrogen-bond acceptors (Lipinski definition) is 3. The van der Waals surface area contributed by atoms with Gasteiger partial charge in [0.2, 0.25) is 5.91 Å². The Morgan fingerprint density at radius 3 is 2.32 bits per heavy atom. The summed E-state index contributed by atoms with van der Waals surface area (Å²) in [6.45, 7) is 0.449. The van der Waals surface area contributed by atoms with Gasteiger partial charge in [-0.3, -0.25) is 4.79 Å². The first-order valence-electron chi connectivity index (χ1n) is 6.73. The van der Waals surface area contributed by atoms with Crippen molar-refractivity contribution in [3.05, 3.63) is 60.2 Å². The van der Waals surface area contributed by atoms with E-state index < -0.39 is 6.03 Å². The molecule has 2 rings (SSSR count). The van der Waals surface area contributed by atoms with Gasteiger partial charge in [0.25, 0.3) is 0 Å². The fraction of sp³-hybridized carbons (Fsp3) is 0.125. The summed E-state index contributed by atoms with van der Waals surface area (Å²) < 4.78 is 0. The SMILES string of the molecule is NC(=O)Nc1ccc(CNC(=O)CSc2ccccc2)cc1. The van der Waals surface area contributed by atoms with Gasteiger partial charge in [0.1, 0.15) is 0 Å². The molecule has 0 spiro atoms. The van der Waals surface area contributed by atoms with Crippen molar-refractivity contribution in [1.82, 2.24) is 5.32 Å². The number of primary amides is 1. The second-order valence-corrected chi connectivity index (χ2v) is 5.61. The molecule has 0 atom stereocenters. The number of amides is 3. The normalized spacial score (nSPS) is 10.0. The average molecular weight is 315 g/mol. The molecule has 0 aromatic heterocycles. The Morgan fingerprint density at radius 2 is 1.68 bits per heavy atom. The number of benzene rings is 2. The van der Waals surface area contributed by atoms with E-state index in [0.717, 1.165) is 10.5 Å². The van der Waals surface area contributed by atoms with Gasteiger partial charge in [-0.15, -0.1) is 11.8 Å². The van der Waals surface area contributed by atoms with Crippen LogP contribution in [-0.2, 0) is 11.3 Å². The molecule has 0 saturated carbocycles. The molecule has 0 radical (unpaired) electrons. The average Bonchev–Trinajstić information content (AvgIpc) is 2.53. The second-order valence-electron chi connectivity index (χ2n) is 4.56. The minimum absolute atomic E-state index is 0.0202. The Bertz CT molecular complexity index is 630. The zero-order valence-electron chi connectivity index (χ0n) is 11.9. The van der Waals surface area contributed by atoms with Crippen LogP contribution in [0, 0.1) is 0 Å². The first kappa shape index (κ1) is 15.9. The van der Waals surface area contributed by atoms with Crippen molar-refractivity contribution in [1.29, 1.82) is 0 Å². The van der Waals surface area contributed by atoms with Crippen molar-refractivity contribution in [3.8, 4) is 0 Å². The summed E-state index contributed by atoms with van der Waals surface area (Å²) in [7, 11) is 0. The topological polar surface area (TPSA) is 84.2 Å². The first-order valence-corrected chi connectivity index (χ1v) is 7.72. The number of thioether (sulfide) groups is 1. The van der Waals surface area contributed by atoms with Gasteiger partial charge in [-0.2, -0.15) is 0 Å². The Hall–Kier alpha value is -2.47. The molecule has 22 heavy (non-hydrogen) atoms. The smallest absolute Gasteiger partial charge is 0.316 e. The fourth-order valence-electron chi connectivity index (χ4n) is 1.77. The zero-order chi connectivity index (χ0) is 15.8. The minimum atomic E-state index is -0.598. The Labute approximate surface area is 133 Å². The van der Waals surface area contributed by atoms with Crippen molar-refractivity contribution in [3.63, 3.8) is 0 Å². The van der Waals surface area contributed by atoms with Crippen molar-refractivity contribution < 1.29 is 9.59 Å². The third kappa shape index (κ3) is 5.49. The molecule has 0 heterocycles. The quantitative estimate of drug-likeness (QED) is 0.716. The van der Waals surface area contributed by atoms with Crippen LogP contribution in [0.4, 0.5) is 10.5 Å². The lowest BCUT2D eigenvalue weighted by molar-refractivity contribution is -0.118. The summed E-state index contributed by atoms with van der Waals surface area (Å²) in [5, 5.41) is 5.34. The molecule has 0 aliphatic rings. The van der Waals surface area contributed by atoms with Gasteiger partial charge in [-0.05, 0) is 29.8 Å². The largest absolute Gasteiger partial charge is 0.351 e. The van der Waals surface area contributed by atoms with E-state index >= 15 is 0 Å². The number of carbonyl (C=O) groups excluding carboxylic acids is 2. The first-order chi connectivity index (χ1) is 10.6. The molecule has 0 saturated heterocycles. The van der Waals surface area contributed by atoms with E-state index in [9.17, 15) is 9.59 Å². The lowest BCUT2D eigenvalue weighted by Gasteiger charge is -2.07. The lowest BCUT2D eigenvalue weighted by atomic mass is 10.2. The summed E-state index contributed by atoms with van der Waals surface area (Å²) in [6.07, 6.45) is 0. The Balaban J connectivity index is 1.75. The maximum Gasteiger partial charge on any atom is 0.316 e. The number of hydrogen-bond donors (Lipinski definition) is 3. The van der Waals surface area contributed by atoms with Crippen LogP contribution in [0.25, 0.3) is 0 Å². The van der Waals surface area contributed by atoms with Crippen LogP contribution in [0.3, 0.4) is 0 Å². The van der Waals surface area contributed by atoms with Gasteiger partial charge < -0.3 is 16.4 Å². The van der Waals surface area contributed by atoms with E-state index in [-0.39, 0.29) is 5.91 Å². The third-order valence-corrected chi connectivity index (χ3v) is 3.84. The highest BCUT2D eigenvalue weighted by Crippen LogP contribution is 2.16. The van der Waals surface area contributed by atoms with Gasteiger partial charge in [0.05, 0.1) is 5.75 Å². The van der Waals surface area contributed by atoms with Gasteiger partial charge >= 0.3 is 6.03 Å². The monoisotopic (exact) mass is 315 g/mol. The lowest BCUT2D eigenvalue weighted by Crippen LogP contribution is -2.24. The molecule has 6 heteroatoms. The van der Waals surface area contributed by atoms with Gasteiger partial charge in [-0.25, -0.2) is 4.79 Å². The van der Waals surface area contributed by atoms with Crippen LogP contribution in [0.1, 0.15) is 5.56 Å². The van der Waals surface area contributed by atoms with Crippen LogP contribution in [0.5, 0.6) is 0 Å². The number of nitrogens with one attached hydrogen (secondary N) is 2. The fourth-order valence-corrected chi connectivity index (χ4v) is 2.51. The molecule has 2 aromatic rings. The Morgan fingerprint density at radius 1 is 1.00 bits per heavy atom. The van der Waals surface area contributed by atoms with E-state index in [1.807, 2.05) is 42.5 Å². The van der Waals surface area contributed by atoms with Crippen LogP contribution >= 0.6 is 11.8 Å². The van der Waals surface area contributed by atoms with Crippen LogP contribution in [0.15, 0.2) is 59.5 Å². The molecule has 5 nitrogen and oxygen atoms in total. The molecule has 0 unspecified atom stereocenters. The highest BCUT2D eigenvalue weighted by molar-refractivity contribution is 8.00. The zero-order valence-corrected chi connectivity index (χ0v) is 12.7. The summed E-state index contributed by atoms with van der Waals surface area (Å²) in [6, 6.07) is 16.3. The summed E-state index contributed by atoms with van der Waals surface area (Å²) in [4.78, 5) is 23.6. The molecule has 114 valence electrons. The number of anilines is 1. The van der Waals surface area contributed by atoms with Gasteiger partial charge in [0.15, 0.2) is 0 Å². The van der Waals surface area contributed by atoms with Crippen molar-refractivity contribution in [2.24, 2.45) is 5.73 Å². The van der Waals surface area contributed by atoms with E-state index in [4.69, 9.17) is 5.73 Å². The summed E-state index contributed by atoms with van der Waals surface area (Å²) in [5.41, 5.74) is 6.61. The molecule has 0 bridgehead atoms. The summed E-state index contributed by atoms with van der Waals surface area (Å²) >= 11 is 1.50. The van der Waals surface area contributed by atoms with Crippen molar-refractivity contribution in [2.75, 3.05) is 11.1 Å². The van der Waals surface area contributed by atoms with E-state index in [1.165, 1.54) is 11.8 Å². The third-order valence-electron chi connectivity index (χ3n) is 2.82. The predicted molar refractivity (Wildman–Crippen MR) is 88.7 cm³/mol. The maximum atomic E-state index is 11.8. The number of nitrogens with two attached hydrogens (primary N) is 1. The highest BCUT2D eigenvalue weighted by atomic mass is 32.2. The highest BCUT2D eigenvalue weighted by Gasteiger charge is 2.03. The Kier molecular flexibility index (Phi) is 5.85. The number of rotatable bonds is 6. The van der Waals surface area contributed by atoms with Crippen LogP contribution in [-0.4, -0.2) is 17.7 Å². The molecule has 2 aromatic carbocycles. The van der Waals surface area contributed by atoms with E-state index in [1.54, 1.807) is 12.1 Å². The maximum absolute atomic E-state index is 11.8. The molecule has 4 N–H and O–H groups in total. The molecule has 0 fully saturated rings. The molecular formula is C16H17N3O2S. The molecule has 0 aliphatic carbocycles. The van der Waals surface area contributed by atoms with E-state index in [2.05, 4.69) is 10.6 Å². The van der Waals surface area contributed by atoms with Crippen LogP contribution in [0.2, 0.25) is 0 Å². The standard InChI is InChI=1S/C16H17N3O2S/c17-16(21)19-13-8-6-12(7-9-13)10-18-15(20)11-22-14-4-2-1-3-5-14/h1-9H,10-11H2,(H,18,20)(H3,17,19,21). The van der Waals surface area contributed by atoms with Crippen molar-refractivity contribution in [2.45, 2.75) is 11.4 Å². The molecular weight excluding hydrogens is 298 g/mol. The minimum Gasteiger partial charge on any atom is -0.351 e. The molecule has 0 aliphatic heterocycles.